The molecule has 0 aromatic heterocycles. The molecule has 1 rings (SSSR count). The van der Waals surface area contributed by atoms with Gasteiger partial charge in [0, 0.05) is 17.9 Å². The predicted molar refractivity (Wildman–Crippen MR) is 65.0 cm³/mol. The van der Waals surface area contributed by atoms with E-state index < -0.39 is 45.8 Å². The lowest BCUT2D eigenvalue weighted by atomic mass is 10.3. The van der Waals surface area contributed by atoms with Crippen LogP contribution in [0.5, 0.6) is 0 Å². The Kier molecular flexibility index (Phi) is 5.50. The van der Waals surface area contributed by atoms with Gasteiger partial charge in [0.05, 0.1) is 0 Å². The lowest BCUT2D eigenvalue weighted by Gasteiger charge is -2.22. The SMILES string of the molecule is O=S(=O)(c1ccc(F)cc1F)N(CCBr)CC(F)(F)F. The van der Waals surface area contributed by atoms with Crippen molar-refractivity contribution in [2.24, 2.45) is 0 Å². The highest BCUT2D eigenvalue weighted by atomic mass is 79.9. The van der Waals surface area contributed by atoms with E-state index in [1.54, 1.807) is 0 Å². The standard InChI is InChI=1S/C10H9BrF5NO2S/c11-3-4-17(6-10(14,15)16)20(18,19)9-2-1-7(12)5-8(9)13/h1-2,5H,3-4,6H2. The van der Waals surface area contributed by atoms with Crippen LogP contribution in [0.1, 0.15) is 0 Å². The molecular formula is C10H9BrF5NO2S. The van der Waals surface area contributed by atoms with Gasteiger partial charge in [-0.2, -0.15) is 17.5 Å². The first-order valence-electron chi connectivity index (χ1n) is 5.16. The molecule has 0 spiro atoms. The summed E-state index contributed by atoms with van der Waals surface area (Å²) in [5, 5.41) is -0.0644. The summed E-state index contributed by atoms with van der Waals surface area (Å²) in [6, 6.07) is 1.56. The van der Waals surface area contributed by atoms with E-state index in [2.05, 4.69) is 15.9 Å². The molecule has 0 radical (unpaired) electrons. The summed E-state index contributed by atoms with van der Waals surface area (Å²) in [6.45, 7) is -2.25. The summed E-state index contributed by atoms with van der Waals surface area (Å²) in [7, 11) is -4.70. The molecule has 0 unspecified atom stereocenters. The van der Waals surface area contributed by atoms with Gasteiger partial charge in [-0.25, -0.2) is 17.2 Å². The lowest BCUT2D eigenvalue weighted by Crippen LogP contribution is -2.40. The van der Waals surface area contributed by atoms with Crippen molar-refractivity contribution in [1.82, 2.24) is 4.31 Å². The summed E-state index contributed by atoms with van der Waals surface area (Å²) < 4.78 is 87.3. The summed E-state index contributed by atoms with van der Waals surface area (Å²) in [5.74, 6) is -2.46. The molecule has 0 bridgehead atoms. The van der Waals surface area contributed by atoms with Crippen molar-refractivity contribution in [1.29, 1.82) is 0 Å². The van der Waals surface area contributed by atoms with Gasteiger partial charge in [0.1, 0.15) is 23.1 Å². The molecule has 0 aliphatic heterocycles. The van der Waals surface area contributed by atoms with Gasteiger partial charge in [0.15, 0.2) is 0 Å². The molecule has 20 heavy (non-hydrogen) atoms. The largest absolute Gasteiger partial charge is 0.402 e. The molecule has 114 valence electrons. The van der Waals surface area contributed by atoms with Gasteiger partial charge < -0.3 is 0 Å². The first kappa shape index (κ1) is 17.3. The summed E-state index contributed by atoms with van der Waals surface area (Å²) in [5.41, 5.74) is 0. The van der Waals surface area contributed by atoms with Crippen molar-refractivity contribution in [2.45, 2.75) is 11.1 Å². The van der Waals surface area contributed by atoms with E-state index in [-0.39, 0.29) is 9.64 Å². The normalized spacial score (nSPS) is 12.9. The van der Waals surface area contributed by atoms with Gasteiger partial charge in [-0.1, -0.05) is 15.9 Å². The first-order valence-corrected chi connectivity index (χ1v) is 7.72. The molecule has 0 N–H and O–H groups in total. The second-order valence-corrected chi connectivity index (χ2v) is 6.42. The number of nitrogens with zero attached hydrogens (tertiary/aromatic N) is 1. The maximum absolute atomic E-state index is 13.4. The maximum Gasteiger partial charge on any atom is 0.402 e. The molecule has 0 heterocycles. The molecule has 0 aliphatic carbocycles. The Hall–Kier alpha value is -0.740. The molecule has 3 nitrogen and oxygen atoms in total. The van der Waals surface area contributed by atoms with Crippen molar-refractivity contribution >= 4 is 26.0 Å². The summed E-state index contributed by atoms with van der Waals surface area (Å²) >= 11 is 2.83. The quantitative estimate of drug-likeness (QED) is 0.580. The van der Waals surface area contributed by atoms with Crippen LogP contribution in [0.3, 0.4) is 0 Å². The maximum atomic E-state index is 13.4. The summed E-state index contributed by atoms with van der Waals surface area (Å²) in [6.07, 6.45) is -4.77. The van der Waals surface area contributed by atoms with Crippen LogP contribution < -0.4 is 0 Å². The van der Waals surface area contributed by atoms with Crippen molar-refractivity contribution in [2.75, 3.05) is 18.4 Å². The number of hydrogen-bond acceptors (Lipinski definition) is 2. The Bertz CT molecular complexity index is 576. The molecule has 10 heteroatoms. The number of sulfonamides is 1. The van der Waals surface area contributed by atoms with E-state index >= 15 is 0 Å². The highest BCUT2D eigenvalue weighted by molar-refractivity contribution is 9.09. The molecule has 0 atom stereocenters. The van der Waals surface area contributed by atoms with Crippen molar-refractivity contribution in [3.05, 3.63) is 29.8 Å². The molecular weight excluding hydrogens is 373 g/mol. The van der Waals surface area contributed by atoms with Crippen LogP contribution in [-0.4, -0.2) is 37.3 Å². The Morgan fingerprint density at radius 2 is 1.80 bits per heavy atom. The topological polar surface area (TPSA) is 37.4 Å². The van der Waals surface area contributed by atoms with Crippen molar-refractivity contribution < 1.29 is 30.4 Å². The van der Waals surface area contributed by atoms with Crippen LogP contribution in [-0.2, 0) is 10.0 Å². The highest BCUT2D eigenvalue weighted by Gasteiger charge is 2.37. The fraction of sp³-hybridized carbons (Fsp3) is 0.400. The van der Waals surface area contributed by atoms with Gasteiger partial charge in [0.2, 0.25) is 10.0 Å². The highest BCUT2D eigenvalue weighted by Crippen LogP contribution is 2.24. The molecule has 0 fully saturated rings. The third kappa shape index (κ3) is 4.38. The third-order valence-electron chi connectivity index (χ3n) is 2.20. The monoisotopic (exact) mass is 381 g/mol. The molecule has 1 aromatic carbocycles. The predicted octanol–water partition coefficient (Wildman–Crippen LogP) is 2.91. The van der Waals surface area contributed by atoms with Crippen LogP contribution in [0, 0.1) is 11.6 Å². The third-order valence-corrected chi connectivity index (χ3v) is 4.43. The van der Waals surface area contributed by atoms with Crippen molar-refractivity contribution in [3.8, 4) is 0 Å². The fourth-order valence-corrected chi connectivity index (χ4v) is 3.54. The molecule has 0 saturated heterocycles. The fourth-order valence-electron chi connectivity index (χ4n) is 1.40. The van der Waals surface area contributed by atoms with E-state index in [1.165, 1.54) is 0 Å². The lowest BCUT2D eigenvalue weighted by molar-refractivity contribution is -0.135. The second kappa shape index (κ2) is 6.35. The van der Waals surface area contributed by atoms with Crippen LogP contribution in [0.25, 0.3) is 0 Å². The summed E-state index contributed by atoms with van der Waals surface area (Å²) in [4.78, 5) is -0.996. The zero-order valence-electron chi connectivity index (χ0n) is 9.79. The zero-order valence-corrected chi connectivity index (χ0v) is 12.2. The Morgan fingerprint density at radius 3 is 2.25 bits per heavy atom. The second-order valence-electron chi connectivity index (χ2n) is 3.72. The van der Waals surface area contributed by atoms with Crippen LogP contribution in [0.4, 0.5) is 22.0 Å². The minimum absolute atomic E-state index is 0.0644. The average Bonchev–Trinajstić information content (AvgIpc) is 2.26. The van der Waals surface area contributed by atoms with Gasteiger partial charge in [-0.05, 0) is 12.1 Å². The molecule has 0 amide bonds. The van der Waals surface area contributed by atoms with E-state index in [9.17, 15) is 30.4 Å². The van der Waals surface area contributed by atoms with Gasteiger partial charge in [-0.15, -0.1) is 0 Å². The number of halogens is 6. The smallest absolute Gasteiger partial charge is 0.207 e. The molecule has 0 aliphatic rings. The van der Waals surface area contributed by atoms with Crippen LogP contribution in [0.2, 0.25) is 0 Å². The van der Waals surface area contributed by atoms with Crippen LogP contribution in [0.15, 0.2) is 23.1 Å². The Labute approximate surface area is 120 Å². The zero-order chi connectivity index (χ0) is 15.6. The minimum Gasteiger partial charge on any atom is -0.207 e. The number of benzene rings is 1. The van der Waals surface area contributed by atoms with E-state index in [0.717, 1.165) is 0 Å². The van der Waals surface area contributed by atoms with E-state index in [4.69, 9.17) is 0 Å². The van der Waals surface area contributed by atoms with Crippen molar-refractivity contribution in [3.63, 3.8) is 0 Å². The van der Waals surface area contributed by atoms with Gasteiger partial charge in [0.25, 0.3) is 0 Å². The Morgan fingerprint density at radius 1 is 1.20 bits per heavy atom. The number of rotatable bonds is 5. The van der Waals surface area contributed by atoms with Gasteiger partial charge in [-0.3, -0.25) is 0 Å². The first-order chi connectivity index (χ1) is 9.08. The average molecular weight is 382 g/mol. The number of hydrogen-bond donors (Lipinski definition) is 0. The van der Waals surface area contributed by atoms with Crippen LogP contribution >= 0.6 is 15.9 Å². The van der Waals surface area contributed by atoms with E-state index in [1.807, 2.05) is 0 Å². The molecule has 0 saturated carbocycles. The number of alkyl halides is 4. The van der Waals surface area contributed by atoms with Gasteiger partial charge >= 0.3 is 6.18 Å². The Balaban J connectivity index is 3.22. The van der Waals surface area contributed by atoms with E-state index in [0.29, 0.717) is 18.2 Å². The minimum atomic E-state index is -4.77. The molecule has 1 aromatic rings.